The highest BCUT2D eigenvalue weighted by Crippen LogP contribution is 2.14. The fourth-order valence-corrected chi connectivity index (χ4v) is 1.78. The number of ether oxygens (including phenoxy) is 1. The van der Waals surface area contributed by atoms with Gasteiger partial charge in [-0.15, -0.1) is 0 Å². The molecule has 0 unspecified atom stereocenters. The van der Waals surface area contributed by atoms with E-state index in [2.05, 4.69) is 12.2 Å². The van der Waals surface area contributed by atoms with Gasteiger partial charge in [0.05, 0.1) is 0 Å². The van der Waals surface area contributed by atoms with Crippen molar-refractivity contribution in [1.82, 2.24) is 0 Å². The normalized spacial score (nSPS) is 9.83. The Balaban J connectivity index is 1.94. The molecule has 0 fully saturated rings. The predicted molar refractivity (Wildman–Crippen MR) is 79.1 cm³/mol. The smallest absolute Gasteiger partial charge is 0.266 e. The first kappa shape index (κ1) is 12.6. The molecule has 0 aliphatic carbocycles. The first-order valence-electron chi connectivity index (χ1n) is 5.91. The van der Waals surface area contributed by atoms with Crippen molar-refractivity contribution >= 4 is 23.1 Å². The monoisotopic (exact) mass is 257 g/mol. The number of rotatable bonds is 3. The van der Waals surface area contributed by atoms with E-state index in [4.69, 9.17) is 17.0 Å². The van der Waals surface area contributed by atoms with Gasteiger partial charge in [0.25, 0.3) is 5.17 Å². The Labute approximate surface area is 113 Å². The van der Waals surface area contributed by atoms with Crippen LogP contribution in [-0.2, 0) is 6.42 Å². The quantitative estimate of drug-likeness (QED) is 0.839. The van der Waals surface area contributed by atoms with Crippen LogP contribution in [0.2, 0.25) is 0 Å². The van der Waals surface area contributed by atoms with Gasteiger partial charge in [0.2, 0.25) is 0 Å². The third-order valence-electron chi connectivity index (χ3n) is 2.56. The van der Waals surface area contributed by atoms with Gasteiger partial charge < -0.3 is 10.1 Å². The molecule has 92 valence electrons. The topological polar surface area (TPSA) is 21.3 Å². The lowest BCUT2D eigenvalue weighted by Crippen LogP contribution is -2.16. The summed E-state index contributed by atoms with van der Waals surface area (Å²) in [5.74, 6) is 0.751. The number of para-hydroxylation sites is 1. The summed E-state index contributed by atoms with van der Waals surface area (Å²) in [6.45, 7) is 2.12. The van der Waals surface area contributed by atoms with Crippen LogP contribution in [0.25, 0.3) is 0 Å². The van der Waals surface area contributed by atoms with Crippen LogP contribution in [0.1, 0.15) is 12.5 Å². The van der Waals surface area contributed by atoms with Crippen molar-refractivity contribution < 1.29 is 4.74 Å². The molecule has 0 aliphatic heterocycles. The van der Waals surface area contributed by atoms with Crippen molar-refractivity contribution in [2.75, 3.05) is 5.32 Å². The fraction of sp³-hybridized carbons (Fsp3) is 0.133. The van der Waals surface area contributed by atoms with E-state index in [1.165, 1.54) is 5.56 Å². The fourth-order valence-electron chi connectivity index (χ4n) is 1.57. The molecule has 0 heterocycles. The van der Waals surface area contributed by atoms with Crippen LogP contribution in [0.4, 0.5) is 5.69 Å². The zero-order chi connectivity index (χ0) is 12.8. The Hall–Kier alpha value is -1.87. The minimum atomic E-state index is 0.352. The van der Waals surface area contributed by atoms with Gasteiger partial charge in [-0.25, -0.2) is 0 Å². The molecule has 0 aromatic heterocycles. The molecule has 0 bridgehead atoms. The number of nitrogens with one attached hydrogen (secondary N) is 1. The van der Waals surface area contributed by atoms with E-state index in [9.17, 15) is 0 Å². The Morgan fingerprint density at radius 1 is 1.06 bits per heavy atom. The van der Waals surface area contributed by atoms with Crippen molar-refractivity contribution in [2.45, 2.75) is 13.3 Å². The van der Waals surface area contributed by atoms with Crippen molar-refractivity contribution in [3.05, 3.63) is 60.2 Å². The highest BCUT2D eigenvalue weighted by molar-refractivity contribution is 7.80. The standard InChI is InChI=1S/C15H15NOS/c1-2-12-8-10-14(11-9-12)17-15(18)16-13-6-4-3-5-7-13/h3-11H,2H2,1H3,(H,16,18). The Morgan fingerprint density at radius 2 is 1.72 bits per heavy atom. The van der Waals surface area contributed by atoms with Crippen molar-refractivity contribution in [3.8, 4) is 5.75 Å². The van der Waals surface area contributed by atoms with Gasteiger partial charge in [0.1, 0.15) is 5.75 Å². The molecule has 2 aromatic carbocycles. The lowest BCUT2D eigenvalue weighted by atomic mass is 10.2. The maximum Gasteiger partial charge on any atom is 0.266 e. The first-order chi connectivity index (χ1) is 8.78. The molecule has 0 amide bonds. The van der Waals surface area contributed by atoms with E-state index >= 15 is 0 Å². The zero-order valence-corrected chi connectivity index (χ0v) is 11.0. The van der Waals surface area contributed by atoms with E-state index in [-0.39, 0.29) is 0 Å². The average molecular weight is 257 g/mol. The molecule has 0 atom stereocenters. The van der Waals surface area contributed by atoms with E-state index in [1.54, 1.807) is 0 Å². The van der Waals surface area contributed by atoms with Gasteiger partial charge in [-0.1, -0.05) is 37.3 Å². The number of hydrogen-bond acceptors (Lipinski definition) is 2. The van der Waals surface area contributed by atoms with E-state index < -0.39 is 0 Å². The third kappa shape index (κ3) is 3.57. The summed E-state index contributed by atoms with van der Waals surface area (Å²) in [6.07, 6.45) is 1.02. The largest absolute Gasteiger partial charge is 0.432 e. The van der Waals surface area contributed by atoms with Gasteiger partial charge in [0.15, 0.2) is 0 Å². The van der Waals surface area contributed by atoms with Crippen LogP contribution in [0.15, 0.2) is 54.6 Å². The molecule has 1 N–H and O–H groups in total. The minimum absolute atomic E-state index is 0.352. The lowest BCUT2D eigenvalue weighted by Gasteiger charge is -2.09. The molecule has 2 nitrogen and oxygen atoms in total. The van der Waals surface area contributed by atoms with E-state index in [1.807, 2.05) is 54.6 Å². The average Bonchev–Trinajstić information content (AvgIpc) is 2.40. The molecule has 0 saturated carbocycles. The number of benzene rings is 2. The molecule has 2 aromatic rings. The second kappa shape index (κ2) is 6.17. The van der Waals surface area contributed by atoms with Crippen LogP contribution < -0.4 is 10.1 Å². The number of thiocarbonyl (C=S) groups is 1. The maximum atomic E-state index is 5.54. The van der Waals surface area contributed by atoms with Gasteiger partial charge >= 0.3 is 0 Å². The second-order valence-electron chi connectivity index (χ2n) is 3.88. The molecular weight excluding hydrogens is 242 g/mol. The number of anilines is 1. The summed E-state index contributed by atoms with van der Waals surface area (Å²) in [4.78, 5) is 0. The number of aryl methyl sites for hydroxylation is 1. The summed E-state index contributed by atoms with van der Waals surface area (Å²) < 4.78 is 5.54. The summed E-state index contributed by atoms with van der Waals surface area (Å²) in [6, 6.07) is 17.7. The number of hydrogen-bond donors (Lipinski definition) is 1. The third-order valence-corrected chi connectivity index (χ3v) is 2.75. The van der Waals surface area contributed by atoms with Crippen LogP contribution in [0.3, 0.4) is 0 Å². The first-order valence-corrected chi connectivity index (χ1v) is 6.31. The minimum Gasteiger partial charge on any atom is -0.432 e. The second-order valence-corrected chi connectivity index (χ2v) is 4.25. The molecule has 0 spiro atoms. The van der Waals surface area contributed by atoms with Crippen LogP contribution >= 0.6 is 12.2 Å². The van der Waals surface area contributed by atoms with Gasteiger partial charge in [-0.05, 0) is 48.5 Å². The van der Waals surface area contributed by atoms with Crippen LogP contribution in [-0.4, -0.2) is 5.17 Å². The van der Waals surface area contributed by atoms with Crippen molar-refractivity contribution in [3.63, 3.8) is 0 Å². The Morgan fingerprint density at radius 3 is 2.33 bits per heavy atom. The molecule has 2 rings (SSSR count). The Bertz CT molecular complexity index is 508. The lowest BCUT2D eigenvalue weighted by molar-refractivity contribution is 0.563. The highest BCUT2D eigenvalue weighted by atomic mass is 32.1. The molecule has 0 aliphatic rings. The van der Waals surface area contributed by atoms with Gasteiger partial charge in [0, 0.05) is 5.69 Å². The summed E-state index contributed by atoms with van der Waals surface area (Å²) in [5, 5.41) is 3.38. The summed E-state index contributed by atoms with van der Waals surface area (Å²) >= 11 is 5.15. The molecule has 0 saturated heterocycles. The molecule has 18 heavy (non-hydrogen) atoms. The Kier molecular flexibility index (Phi) is 4.31. The summed E-state index contributed by atoms with van der Waals surface area (Å²) in [5.41, 5.74) is 2.21. The molecular formula is C15H15NOS. The molecule has 3 heteroatoms. The zero-order valence-electron chi connectivity index (χ0n) is 10.2. The predicted octanol–water partition coefficient (Wildman–Crippen LogP) is 4.02. The summed E-state index contributed by atoms with van der Waals surface area (Å²) in [7, 11) is 0. The van der Waals surface area contributed by atoms with E-state index in [0.717, 1.165) is 17.9 Å². The molecule has 0 radical (unpaired) electrons. The maximum absolute atomic E-state index is 5.54. The highest BCUT2D eigenvalue weighted by Gasteiger charge is 2.00. The SMILES string of the molecule is CCc1ccc(OC(=S)Nc2ccccc2)cc1. The van der Waals surface area contributed by atoms with Crippen LogP contribution in [0, 0.1) is 0 Å². The van der Waals surface area contributed by atoms with Gasteiger partial charge in [-0.3, -0.25) is 0 Å². The van der Waals surface area contributed by atoms with Crippen molar-refractivity contribution in [1.29, 1.82) is 0 Å². The van der Waals surface area contributed by atoms with Crippen LogP contribution in [0.5, 0.6) is 5.75 Å². The van der Waals surface area contributed by atoms with E-state index in [0.29, 0.717) is 5.17 Å². The van der Waals surface area contributed by atoms with Gasteiger partial charge in [-0.2, -0.15) is 0 Å². The van der Waals surface area contributed by atoms with Crippen molar-refractivity contribution in [2.24, 2.45) is 0 Å².